The van der Waals surface area contributed by atoms with Crippen molar-refractivity contribution < 1.29 is 29.0 Å². The highest BCUT2D eigenvalue weighted by Gasteiger charge is 2.38. The van der Waals surface area contributed by atoms with E-state index in [1.807, 2.05) is 36.4 Å². The molecular weight excluding hydrogens is 478 g/mol. The fraction of sp³-hybridized carbons (Fsp3) is 0.385. The lowest BCUT2D eigenvalue weighted by molar-refractivity contribution is -0.149. The second-order valence-corrected chi connectivity index (χ2v) is 9.32. The van der Waals surface area contributed by atoms with Crippen molar-refractivity contribution in [3.05, 3.63) is 65.5 Å². The number of carboxylic acids is 1. The number of aromatic nitrogens is 1. The van der Waals surface area contributed by atoms with Crippen LogP contribution in [0.25, 0.3) is 0 Å². The second kappa shape index (κ2) is 13.0. The van der Waals surface area contributed by atoms with Crippen molar-refractivity contribution in [2.24, 2.45) is 5.73 Å². The van der Waals surface area contributed by atoms with E-state index < -0.39 is 41.6 Å². The lowest BCUT2D eigenvalue weighted by Crippen LogP contribution is -2.53. The molecule has 1 aliphatic rings. The maximum Gasteiger partial charge on any atom is 0.408 e. The van der Waals surface area contributed by atoms with Gasteiger partial charge in [-0.3, -0.25) is 9.59 Å². The summed E-state index contributed by atoms with van der Waals surface area (Å²) in [6, 6.07) is 12.3. The van der Waals surface area contributed by atoms with Gasteiger partial charge in [0.05, 0.1) is 5.56 Å². The number of likely N-dealkylation sites (tertiary alicyclic amines) is 1. The molecule has 1 fully saturated rings. The molecule has 1 aromatic heterocycles. The summed E-state index contributed by atoms with van der Waals surface area (Å²) in [6.07, 6.45) is 1.90. The molecule has 0 saturated carbocycles. The third-order valence-electron chi connectivity index (χ3n) is 5.26. The largest absolute Gasteiger partial charge is 0.480 e. The van der Waals surface area contributed by atoms with Crippen LogP contribution in [0.15, 0.2) is 48.7 Å². The predicted molar refractivity (Wildman–Crippen MR) is 133 cm³/mol. The molecule has 0 aliphatic carbocycles. The normalized spacial score (nSPS) is 15.4. The van der Waals surface area contributed by atoms with Gasteiger partial charge >= 0.3 is 12.1 Å². The Morgan fingerprint density at radius 2 is 1.89 bits per heavy atom. The molecule has 1 saturated heterocycles. The smallest absolute Gasteiger partial charge is 0.408 e. The minimum absolute atomic E-state index is 0.266. The number of primary amides is 1. The van der Waals surface area contributed by atoms with Crippen LogP contribution in [-0.2, 0) is 20.7 Å². The van der Waals surface area contributed by atoms with E-state index in [1.165, 1.54) is 23.2 Å². The van der Waals surface area contributed by atoms with E-state index >= 15 is 0 Å². The van der Waals surface area contributed by atoms with Crippen LogP contribution in [0.2, 0.25) is 0 Å². The molecule has 2 aromatic rings. The van der Waals surface area contributed by atoms with Gasteiger partial charge in [-0.15, -0.1) is 0 Å². The summed E-state index contributed by atoms with van der Waals surface area (Å²) in [7, 11) is 0. The Labute approximate surface area is 215 Å². The van der Waals surface area contributed by atoms with E-state index in [2.05, 4.69) is 10.3 Å². The van der Waals surface area contributed by atoms with Crippen LogP contribution in [0, 0.1) is 11.3 Å². The van der Waals surface area contributed by atoms with Crippen molar-refractivity contribution in [3.8, 4) is 6.07 Å². The average Bonchev–Trinajstić information content (AvgIpc) is 3.33. The summed E-state index contributed by atoms with van der Waals surface area (Å²) in [5.41, 5.74) is 5.70. The molecule has 0 spiro atoms. The van der Waals surface area contributed by atoms with E-state index in [0.717, 1.165) is 5.56 Å². The highest BCUT2D eigenvalue weighted by Crippen LogP contribution is 2.20. The number of alkyl carbamates (subject to hydrolysis) is 1. The van der Waals surface area contributed by atoms with Crippen LogP contribution in [0.3, 0.4) is 0 Å². The molecule has 196 valence electrons. The van der Waals surface area contributed by atoms with Crippen molar-refractivity contribution >= 4 is 23.9 Å². The number of pyridine rings is 1. The number of aliphatic carboxylic acids is 1. The Morgan fingerprint density at radius 3 is 2.41 bits per heavy atom. The van der Waals surface area contributed by atoms with Gasteiger partial charge in [-0.05, 0) is 51.3 Å². The number of benzene rings is 1. The van der Waals surface area contributed by atoms with Gasteiger partial charge < -0.3 is 25.8 Å². The minimum Gasteiger partial charge on any atom is -0.480 e. The Balaban J connectivity index is 0.000000364. The van der Waals surface area contributed by atoms with Crippen molar-refractivity contribution in [2.75, 3.05) is 6.54 Å². The maximum absolute atomic E-state index is 13.0. The third-order valence-corrected chi connectivity index (χ3v) is 5.26. The van der Waals surface area contributed by atoms with Gasteiger partial charge in [0.15, 0.2) is 0 Å². The Kier molecular flexibility index (Phi) is 10.1. The minimum atomic E-state index is -1.02. The summed E-state index contributed by atoms with van der Waals surface area (Å²) in [5, 5.41) is 20.3. The molecule has 3 rings (SSSR count). The number of nitrogens with one attached hydrogen (secondary N) is 1. The van der Waals surface area contributed by atoms with Gasteiger partial charge in [0.1, 0.15) is 29.4 Å². The first-order valence-corrected chi connectivity index (χ1v) is 11.6. The van der Waals surface area contributed by atoms with E-state index in [1.54, 1.807) is 20.8 Å². The van der Waals surface area contributed by atoms with Gasteiger partial charge in [0.2, 0.25) is 11.8 Å². The molecule has 11 heteroatoms. The molecule has 3 amide bonds. The number of carbonyl (C=O) groups is 4. The zero-order valence-electron chi connectivity index (χ0n) is 21.0. The van der Waals surface area contributed by atoms with E-state index in [9.17, 15) is 24.3 Å². The van der Waals surface area contributed by atoms with Crippen LogP contribution in [0.5, 0.6) is 0 Å². The maximum atomic E-state index is 13.0. The average molecular weight is 510 g/mol. The second-order valence-electron chi connectivity index (χ2n) is 9.32. The summed E-state index contributed by atoms with van der Waals surface area (Å²) < 4.78 is 5.26. The third kappa shape index (κ3) is 9.25. The fourth-order valence-corrected chi connectivity index (χ4v) is 3.59. The Morgan fingerprint density at radius 1 is 1.22 bits per heavy atom. The molecule has 2 atom stereocenters. The predicted octanol–water partition coefficient (Wildman–Crippen LogP) is 2.25. The number of carbonyl (C=O) groups excluding carboxylic acids is 3. The number of nitriles is 1. The molecule has 1 aliphatic heterocycles. The molecule has 11 nitrogen and oxygen atoms in total. The monoisotopic (exact) mass is 509 g/mol. The zero-order valence-corrected chi connectivity index (χ0v) is 21.0. The van der Waals surface area contributed by atoms with Crippen molar-refractivity contribution in [3.63, 3.8) is 0 Å². The molecule has 0 radical (unpaired) electrons. The van der Waals surface area contributed by atoms with Crippen LogP contribution >= 0.6 is 0 Å². The lowest BCUT2D eigenvalue weighted by Gasteiger charge is -2.28. The van der Waals surface area contributed by atoms with Crippen molar-refractivity contribution in [1.82, 2.24) is 15.2 Å². The number of rotatable bonds is 6. The Hall–Kier alpha value is -4.46. The number of amides is 3. The first-order valence-electron chi connectivity index (χ1n) is 11.6. The summed E-state index contributed by atoms with van der Waals surface area (Å²) in [4.78, 5) is 52.0. The first kappa shape index (κ1) is 28.8. The molecule has 2 heterocycles. The zero-order chi connectivity index (χ0) is 27.6. The number of nitrogens with two attached hydrogens (primary N) is 1. The SMILES string of the molecule is CC(C)(C)OC(=O)N[C@@H](Cc1ccccc1)C(=O)N1CCC[C@H]1C(=O)O.N#Cc1ccc(C(N)=O)cn1. The molecule has 0 unspecified atom stereocenters. The van der Waals surface area contributed by atoms with Crippen LogP contribution in [-0.4, -0.2) is 63.1 Å². The summed E-state index contributed by atoms with van der Waals surface area (Å²) in [5.74, 6) is -1.96. The van der Waals surface area contributed by atoms with Gasteiger partial charge in [0.25, 0.3) is 0 Å². The van der Waals surface area contributed by atoms with Crippen molar-refractivity contribution in [2.45, 2.75) is 57.7 Å². The summed E-state index contributed by atoms with van der Waals surface area (Å²) in [6.45, 7) is 5.59. The van der Waals surface area contributed by atoms with Crippen LogP contribution in [0.1, 0.15) is 55.2 Å². The van der Waals surface area contributed by atoms with Gasteiger partial charge in [0, 0.05) is 19.2 Å². The van der Waals surface area contributed by atoms with Crippen molar-refractivity contribution in [1.29, 1.82) is 5.26 Å². The topological polar surface area (TPSA) is 176 Å². The molecular formula is C26H31N5O6. The quantitative estimate of drug-likeness (QED) is 0.531. The highest BCUT2D eigenvalue weighted by atomic mass is 16.6. The van der Waals surface area contributed by atoms with Gasteiger partial charge in [-0.25, -0.2) is 14.6 Å². The van der Waals surface area contributed by atoms with E-state index in [0.29, 0.717) is 24.9 Å². The van der Waals surface area contributed by atoms with Gasteiger partial charge in [-0.2, -0.15) is 5.26 Å². The van der Waals surface area contributed by atoms with Gasteiger partial charge in [-0.1, -0.05) is 30.3 Å². The number of nitrogens with zero attached hydrogens (tertiary/aromatic N) is 3. The standard InChI is InChI=1S/C19H26N2O5.C7H5N3O/c1-19(2,3)26-18(25)20-14(12-13-8-5-4-6-9-13)16(22)21-11-7-10-15(21)17(23)24;8-3-6-2-1-5(4-10-6)7(9)11/h4-6,8-9,14-15H,7,10-12H2,1-3H3,(H,20,25)(H,23,24);1-2,4H,(H2,9,11)/t14-,15-;/m0./s1. The molecule has 37 heavy (non-hydrogen) atoms. The Bertz CT molecular complexity index is 1140. The lowest BCUT2D eigenvalue weighted by atomic mass is 10.0. The molecule has 0 bridgehead atoms. The molecule has 1 aromatic carbocycles. The molecule has 4 N–H and O–H groups in total. The van der Waals surface area contributed by atoms with Crippen LogP contribution < -0.4 is 11.1 Å². The van der Waals surface area contributed by atoms with E-state index in [-0.39, 0.29) is 12.1 Å². The number of hydrogen-bond donors (Lipinski definition) is 3. The number of carboxylic acid groups (broad SMARTS) is 1. The van der Waals surface area contributed by atoms with Crippen LogP contribution in [0.4, 0.5) is 4.79 Å². The van der Waals surface area contributed by atoms with E-state index in [4.69, 9.17) is 15.7 Å². The fourth-order valence-electron chi connectivity index (χ4n) is 3.59. The highest BCUT2D eigenvalue weighted by molar-refractivity contribution is 5.92. The summed E-state index contributed by atoms with van der Waals surface area (Å²) >= 11 is 0. The number of ether oxygens (including phenoxy) is 1. The first-order chi connectivity index (χ1) is 17.4. The number of hydrogen-bond acceptors (Lipinski definition) is 7.